The van der Waals surface area contributed by atoms with Gasteiger partial charge in [0.15, 0.2) is 0 Å². The molecule has 2 aromatic rings. The van der Waals surface area contributed by atoms with Crippen LogP contribution in [-0.4, -0.2) is 53.8 Å². The zero-order chi connectivity index (χ0) is 18.9. The zero-order valence-corrected chi connectivity index (χ0v) is 16.3. The molecule has 1 saturated carbocycles. The molecule has 0 atom stereocenters. The number of nitrogens with zero attached hydrogens (tertiary/aromatic N) is 3. The molecule has 28 heavy (non-hydrogen) atoms. The molecule has 1 aromatic carbocycles. The van der Waals surface area contributed by atoms with E-state index in [4.69, 9.17) is 0 Å². The largest absolute Gasteiger partial charge is 0.477 e. The molecular weight excluding hydrogens is 385 g/mol. The maximum atomic E-state index is 14.9. The number of aromatic carboxylic acids is 1. The lowest BCUT2D eigenvalue weighted by molar-refractivity contribution is 0.0695. The molecule has 5 rings (SSSR count). The molecule has 3 aliphatic rings. The molecule has 1 fully saturated rings. The molecule has 0 saturated heterocycles. The second kappa shape index (κ2) is 6.60. The van der Waals surface area contributed by atoms with Gasteiger partial charge >= 0.3 is 5.97 Å². The second-order valence-corrected chi connectivity index (χ2v) is 7.87. The van der Waals surface area contributed by atoms with E-state index < -0.39 is 17.2 Å². The van der Waals surface area contributed by atoms with Crippen LogP contribution in [0.25, 0.3) is 10.9 Å². The van der Waals surface area contributed by atoms with Gasteiger partial charge < -0.3 is 14.6 Å². The van der Waals surface area contributed by atoms with Crippen molar-refractivity contribution in [2.45, 2.75) is 18.9 Å². The third kappa shape index (κ3) is 2.89. The van der Waals surface area contributed by atoms with Crippen LogP contribution in [0.5, 0.6) is 0 Å². The van der Waals surface area contributed by atoms with E-state index in [-0.39, 0.29) is 29.4 Å². The third-order valence-electron chi connectivity index (χ3n) is 5.80. The minimum atomic E-state index is -1.27. The monoisotopic (exact) mass is 405 g/mol. The Morgan fingerprint density at radius 2 is 1.79 bits per heavy atom. The number of halogens is 2. The van der Waals surface area contributed by atoms with Crippen LogP contribution in [-0.2, 0) is 0 Å². The molecule has 1 aromatic heterocycles. The smallest absolute Gasteiger partial charge is 0.341 e. The highest BCUT2D eigenvalue weighted by Crippen LogP contribution is 2.39. The van der Waals surface area contributed by atoms with Gasteiger partial charge in [-0.25, -0.2) is 9.18 Å². The average Bonchev–Trinajstić information content (AvgIpc) is 3.29. The quantitative estimate of drug-likeness (QED) is 0.795. The summed E-state index contributed by atoms with van der Waals surface area (Å²) in [4.78, 5) is 28.3. The van der Waals surface area contributed by atoms with Crippen LogP contribution in [0.1, 0.15) is 29.2 Å². The first-order valence-corrected chi connectivity index (χ1v) is 9.17. The van der Waals surface area contributed by atoms with Crippen molar-refractivity contribution in [2.24, 2.45) is 0 Å². The first kappa shape index (κ1) is 19.0. The van der Waals surface area contributed by atoms with Crippen molar-refractivity contribution in [2.75, 3.05) is 38.1 Å². The van der Waals surface area contributed by atoms with Gasteiger partial charge in [0.2, 0.25) is 5.43 Å². The van der Waals surface area contributed by atoms with Crippen LogP contribution in [0.2, 0.25) is 0 Å². The van der Waals surface area contributed by atoms with E-state index in [9.17, 15) is 19.1 Å². The molecule has 8 heteroatoms. The number of anilines is 1. The summed E-state index contributed by atoms with van der Waals surface area (Å²) >= 11 is 0. The van der Waals surface area contributed by atoms with Crippen molar-refractivity contribution < 1.29 is 14.3 Å². The number of carboxylic acids is 1. The average molecular weight is 406 g/mol. The first-order valence-electron chi connectivity index (χ1n) is 9.17. The van der Waals surface area contributed by atoms with Crippen molar-refractivity contribution >= 4 is 35.0 Å². The fourth-order valence-electron chi connectivity index (χ4n) is 4.35. The summed E-state index contributed by atoms with van der Waals surface area (Å²) in [6, 6.07) is 3.12. The van der Waals surface area contributed by atoms with E-state index in [2.05, 4.69) is 11.9 Å². The highest BCUT2D eigenvalue weighted by Gasteiger charge is 2.31. The molecule has 0 amide bonds. The van der Waals surface area contributed by atoms with E-state index in [1.165, 1.54) is 23.4 Å². The van der Waals surface area contributed by atoms with E-state index in [0.29, 0.717) is 24.3 Å². The number of likely N-dealkylation sites (N-methyl/N-ethyl adjacent to an activating group) is 1. The molecule has 0 unspecified atom stereocenters. The van der Waals surface area contributed by atoms with Gasteiger partial charge in [-0.2, -0.15) is 0 Å². The number of rotatable bonds is 3. The number of benzene rings is 1. The molecule has 0 spiro atoms. The van der Waals surface area contributed by atoms with Crippen LogP contribution >= 0.6 is 12.4 Å². The lowest BCUT2D eigenvalue weighted by Crippen LogP contribution is -2.28. The summed E-state index contributed by atoms with van der Waals surface area (Å²) in [7, 11) is 2.08. The summed E-state index contributed by atoms with van der Waals surface area (Å²) < 4.78 is 16.8. The predicted octanol–water partition coefficient (Wildman–Crippen LogP) is 2.66. The highest BCUT2D eigenvalue weighted by molar-refractivity contribution is 5.93. The van der Waals surface area contributed by atoms with E-state index in [1.807, 2.05) is 9.47 Å². The van der Waals surface area contributed by atoms with Gasteiger partial charge in [-0.3, -0.25) is 9.69 Å². The number of carboxylic acid groups (broad SMARTS) is 1. The maximum absolute atomic E-state index is 14.9. The molecule has 1 N–H and O–H groups in total. The lowest BCUT2D eigenvalue weighted by atomic mass is 10.1. The molecular formula is C20H21ClFN3O3. The number of carbonyl (C=O) groups is 1. The van der Waals surface area contributed by atoms with Gasteiger partial charge in [0.25, 0.3) is 0 Å². The summed E-state index contributed by atoms with van der Waals surface area (Å²) in [6.45, 7) is 3.22. The molecule has 0 radical (unpaired) electrons. The molecule has 6 nitrogen and oxygen atoms in total. The van der Waals surface area contributed by atoms with Crippen LogP contribution < -0.4 is 10.3 Å². The van der Waals surface area contributed by atoms with Crippen molar-refractivity contribution in [3.63, 3.8) is 0 Å². The lowest BCUT2D eigenvalue weighted by Gasteiger charge is -2.24. The van der Waals surface area contributed by atoms with E-state index >= 15 is 0 Å². The minimum Gasteiger partial charge on any atom is -0.477 e. The predicted molar refractivity (Wildman–Crippen MR) is 107 cm³/mol. The Bertz CT molecular complexity index is 1070. The maximum Gasteiger partial charge on any atom is 0.341 e. The zero-order valence-electron chi connectivity index (χ0n) is 15.4. The Morgan fingerprint density at radius 3 is 2.36 bits per heavy atom. The number of hydrogen-bond donors (Lipinski definition) is 1. The fraction of sp³-hybridized carbons (Fsp3) is 0.400. The molecule has 0 bridgehead atoms. The summed E-state index contributed by atoms with van der Waals surface area (Å²) in [5, 5.41) is 9.48. The van der Waals surface area contributed by atoms with Gasteiger partial charge in [0.1, 0.15) is 11.4 Å². The topological polar surface area (TPSA) is 65.8 Å². The second-order valence-electron chi connectivity index (χ2n) is 7.87. The van der Waals surface area contributed by atoms with Gasteiger partial charge in [0, 0.05) is 43.8 Å². The highest BCUT2D eigenvalue weighted by atomic mass is 35.5. The van der Waals surface area contributed by atoms with Gasteiger partial charge in [-0.05, 0) is 43.2 Å². The molecule has 2 aliphatic heterocycles. The van der Waals surface area contributed by atoms with Crippen molar-refractivity contribution in [1.29, 1.82) is 0 Å². The molecule has 148 valence electrons. The Labute approximate surface area is 167 Å². The number of pyridine rings is 1. The molecule has 3 heterocycles. The standard InChI is InChI=1S/C20H20FN3O3.ClH/c1-22-6-11-8-23(9-12(11)7-22)18-5-17-14(4-16(18)21)19(25)15(20(26)27)10-24(17)13-2-3-13;/h4-5,10,13H,2-3,6-9H2,1H3,(H,26,27);1H. The molecule has 1 aliphatic carbocycles. The fourth-order valence-corrected chi connectivity index (χ4v) is 4.35. The summed E-state index contributed by atoms with van der Waals surface area (Å²) in [5.41, 5.74) is 2.87. The van der Waals surface area contributed by atoms with Crippen LogP contribution in [0.15, 0.2) is 34.3 Å². The normalized spacial score (nSPS) is 19.3. The summed E-state index contributed by atoms with van der Waals surface area (Å²) in [6.07, 6.45) is 3.30. The number of fused-ring (bicyclic) bond motifs is 1. The Hall–Kier alpha value is -2.38. The first-order chi connectivity index (χ1) is 12.9. The third-order valence-corrected chi connectivity index (χ3v) is 5.80. The number of hydrogen-bond acceptors (Lipinski definition) is 4. The van der Waals surface area contributed by atoms with Gasteiger partial charge in [-0.15, -0.1) is 12.4 Å². The SMILES string of the molecule is CN1CC2=C(C1)CN(c1cc3c(cc1F)c(=O)c(C(=O)O)cn3C1CC1)C2.Cl. The van der Waals surface area contributed by atoms with Crippen LogP contribution in [0, 0.1) is 5.82 Å². The van der Waals surface area contributed by atoms with Crippen molar-refractivity contribution in [3.05, 3.63) is 51.1 Å². The van der Waals surface area contributed by atoms with Gasteiger partial charge in [-0.1, -0.05) is 0 Å². The Morgan fingerprint density at radius 1 is 1.14 bits per heavy atom. The Balaban J connectivity index is 0.00000192. The summed E-state index contributed by atoms with van der Waals surface area (Å²) in [5.74, 6) is -1.75. The van der Waals surface area contributed by atoms with E-state index in [1.54, 1.807) is 6.07 Å². The van der Waals surface area contributed by atoms with Gasteiger partial charge in [0.05, 0.1) is 11.2 Å². The van der Waals surface area contributed by atoms with Crippen LogP contribution in [0.4, 0.5) is 10.1 Å². The Kier molecular flexibility index (Phi) is 4.47. The van der Waals surface area contributed by atoms with Crippen LogP contribution in [0.3, 0.4) is 0 Å². The number of aromatic nitrogens is 1. The van der Waals surface area contributed by atoms with Crippen molar-refractivity contribution in [1.82, 2.24) is 9.47 Å². The minimum absolute atomic E-state index is 0. The van der Waals surface area contributed by atoms with Crippen molar-refractivity contribution in [3.8, 4) is 0 Å². The van der Waals surface area contributed by atoms with E-state index in [0.717, 1.165) is 25.9 Å².